The molecular weight excluding hydrogens is 340 g/mol. The number of nitrogens with one attached hydrogen (secondary N) is 1. The maximum absolute atomic E-state index is 5.69. The van der Waals surface area contributed by atoms with E-state index in [1.165, 1.54) is 11.1 Å². The fraction of sp³-hybridized carbons (Fsp3) is 0.136. The average Bonchev–Trinajstić information content (AvgIpc) is 2.70. The molecule has 0 fully saturated rings. The second kappa shape index (κ2) is 8.50. The molecule has 0 saturated carbocycles. The van der Waals surface area contributed by atoms with Crippen molar-refractivity contribution < 1.29 is 4.74 Å². The molecule has 0 heterocycles. The van der Waals surface area contributed by atoms with Crippen LogP contribution < -0.4 is 10.1 Å². The lowest BCUT2D eigenvalue weighted by atomic mass is 9.98. The molecule has 0 aliphatic rings. The van der Waals surface area contributed by atoms with E-state index in [1.807, 2.05) is 43.4 Å². The van der Waals surface area contributed by atoms with Crippen LogP contribution in [-0.2, 0) is 0 Å². The van der Waals surface area contributed by atoms with Gasteiger partial charge >= 0.3 is 0 Å². The predicted molar refractivity (Wildman–Crippen MR) is 112 cm³/mol. The zero-order valence-corrected chi connectivity index (χ0v) is 15.7. The van der Waals surface area contributed by atoms with Crippen LogP contribution in [0.3, 0.4) is 0 Å². The summed E-state index contributed by atoms with van der Waals surface area (Å²) in [7, 11) is 3.67. The molecule has 0 spiro atoms. The Morgan fingerprint density at radius 2 is 1.46 bits per heavy atom. The smallest absolute Gasteiger partial charge is 0.173 e. The van der Waals surface area contributed by atoms with Crippen molar-refractivity contribution in [2.75, 3.05) is 19.5 Å². The Balaban J connectivity index is 1.87. The first-order valence-electron chi connectivity index (χ1n) is 8.47. The van der Waals surface area contributed by atoms with E-state index >= 15 is 0 Å². The normalized spacial score (nSPS) is 10.4. The number of anilines is 1. The third kappa shape index (κ3) is 4.21. The van der Waals surface area contributed by atoms with E-state index in [2.05, 4.69) is 58.7 Å². The van der Waals surface area contributed by atoms with Crippen molar-refractivity contribution in [3.63, 3.8) is 0 Å². The van der Waals surface area contributed by atoms with Gasteiger partial charge in [-0.3, -0.25) is 0 Å². The number of methoxy groups -OCH3 is 1. The summed E-state index contributed by atoms with van der Waals surface area (Å²) in [6, 6.07) is 28.6. The molecule has 0 radical (unpaired) electrons. The highest BCUT2D eigenvalue weighted by atomic mass is 32.1. The lowest BCUT2D eigenvalue weighted by Crippen LogP contribution is -2.35. The van der Waals surface area contributed by atoms with E-state index in [0.29, 0.717) is 5.11 Å². The summed E-state index contributed by atoms with van der Waals surface area (Å²) < 4.78 is 5.29. The predicted octanol–water partition coefficient (Wildman–Crippen LogP) is 5.11. The van der Waals surface area contributed by atoms with E-state index in [-0.39, 0.29) is 6.04 Å². The minimum Gasteiger partial charge on any atom is -0.497 e. The van der Waals surface area contributed by atoms with E-state index in [4.69, 9.17) is 17.0 Å². The molecule has 0 amide bonds. The van der Waals surface area contributed by atoms with Crippen LogP contribution >= 0.6 is 12.2 Å². The van der Waals surface area contributed by atoms with Crippen LogP contribution in [0, 0.1) is 0 Å². The average molecular weight is 362 g/mol. The molecule has 3 aromatic rings. The summed E-state index contributed by atoms with van der Waals surface area (Å²) in [5, 5.41) is 3.96. The quantitative estimate of drug-likeness (QED) is 0.637. The Kier molecular flexibility index (Phi) is 5.87. The highest BCUT2D eigenvalue weighted by Gasteiger charge is 2.21. The van der Waals surface area contributed by atoms with Crippen molar-refractivity contribution in [1.29, 1.82) is 0 Å². The van der Waals surface area contributed by atoms with Crippen LogP contribution in [0.1, 0.15) is 17.2 Å². The molecule has 0 aromatic heterocycles. The maximum atomic E-state index is 5.69. The summed E-state index contributed by atoms with van der Waals surface area (Å²) in [4.78, 5) is 2.08. The third-order valence-corrected chi connectivity index (χ3v) is 4.65. The largest absolute Gasteiger partial charge is 0.497 e. The van der Waals surface area contributed by atoms with Gasteiger partial charge in [-0.05, 0) is 35.5 Å². The number of benzene rings is 3. The van der Waals surface area contributed by atoms with Gasteiger partial charge in [-0.15, -0.1) is 0 Å². The van der Waals surface area contributed by atoms with Crippen molar-refractivity contribution in [3.8, 4) is 5.75 Å². The highest BCUT2D eigenvalue weighted by Crippen LogP contribution is 2.28. The van der Waals surface area contributed by atoms with Crippen LogP contribution in [0.4, 0.5) is 5.69 Å². The molecule has 0 aliphatic heterocycles. The number of rotatable bonds is 5. The monoisotopic (exact) mass is 362 g/mol. The Labute approximate surface area is 160 Å². The van der Waals surface area contributed by atoms with Crippen LogP contribution in [-0.4, -0.2) is 24.2 Å². The van der Waals surface area contributed by atoms with Gasteiger partial charge in [-0.25, -0.2) is 0 Å². The van der Waals surface area contributed by atoms with Gasteiger partial charge in [0.15, 0.2) is 5.11 Å². The van der Waals surface area contributed by atoms with Crippen molar-refractivity contribution >= 4 is 23.0 Å². The van der Waals surface area contributed by atoms with Gasteiger partial charge in [0.25, 0.3) is 0 Å². The number of nitrogens with zero attached hydrogens (tertiary/aromatic N) is 1. The molecule has 132 valence electrons. The maximum Gasteiger partial charge on any atom is 0.173 e. The summed E-state index contributed by atoms with van der Waals surface area (Å²) >= 11 is 5.69. The Morgan fingerprint density at radius 1 is 0.885 bits per heavy atom. The zero-order valence-electron chi connectivity index (χ0n) is 14.9. The molecule has 3 aromatic carbocycles. The van der Waals surface area contributed by atoms with Gasteiger partial charge in [0.1, 0.15) is 5.75 Å². The number of thiocarbonyl (C=S) groups is 1. The topological polar surface area (TPSA) is 24.5 Å². The molecule has 0 unspecified atom stereocenters. The fourth-order valence-corrected chi connectivity index (χ4v) is 3.16. The molecule has 0 aliphatic carbocycles. The van der Waals surface area contributed by atoms with Crippen molar-refractivity contribution in [3.05, 3.63) is 96.1 Å². The van der Waals surface area contributed by atoms with Gasteiger partial charge in [0, 0.05) is 18.8 Å². The first-order chi connectivity index (χ1) is 12.7. The fourth-order valence-electron chi connectivity index (χ4n) is 2.94. The number of hydrogen-bond acceptors (Lipinski definition) is 2. The van der Waals surface area contributed by atoms with E-state index in [1.54, 1.807) is 7.11 Å². The van der Waals surface area contributed by atoms with Crippen LogP contribution in [0.25, 0.3) is 0 Å². The van der Waals surface area contributed by atoms with E-state index in [0.717, 1.165) is 11.4 Å². The minimum absolute atomic E-state index is 0.0306. The molecule has 26 heavy (non-hydrogen) atoms. The Hall–Kier alpha value is -2.85. The second-order valence-electron chi connectivity index (χ2n) is 6.00. The molecule has 1 N–H and O–H groups in total. The number of ether oxygens (including phenoxy) is 1. The molecule has 0 atom stereocenters. The SMILES string of the molecule is COc1cccc(NC(=S)N(C)C(c2ccccc2)c2ccccc2)c1. The molecule has 3 rings (SSSR count). The standard InChI is InChI=1S/C22H22N2OS/c1-24(22(26)23-19-14-9-15-20(16-19)25-2)21(17-10-5-3-6-11-17)18-12-7-4-8-13-18/h3-16,21H,1-2H3,(H,23,26). The lowest BCUT2D eigenvalue weighted by Gasteiger charge is -2.31. The number of hydrogen-bond donors (Lipinski definition) is 1. The Bertz CT molecular complexity index is 813. The van der Waals surface area contributed by atoms with Crippen molar-refractivity contribution in [1.82, 2.24) is 4.90 Å². The summed E-state index contributed by atoms with van der Waals surface area (Å²) in [6.45, 7) is 0. The third-order valence-electron chi connectivity index (χ3n) is 4.26. The van der Waals surface area contributed by atoms with Gasteiger partial charge in [-0.1, -0.05) is 66.7 Å². The van der Waals surface area contributed by atoms with Crippen LogP contribution in [0.2, 0.25) is 0 Å². The van der Waals surface area contributed by atoms with Crippen molar-refractivity contribution in [2.45, 2.75) is 6.04 Å². The Morgan fingerprint density at radius 3 is 2.00 bits per heavy atom. The summed E-state index contributed by atoms with van der Waals surface area (Å²) in [5.41, 5.74) is 3.29. The summed E-state index contributed by atoms with van der Waals surface area (Å²) in [6.07, 6.45) is 0. The zero-order chi connectivity index (χ0) is 18.4. The molecule has 0 saturated heterocycles. The van der Waals surface area contributed by atoms with E-state index in [9.17, 15) is 0 Å². The van der Waals surface area contributed by atoms with Gasteiger partial charge in [0.2, 0.25) is 0 Å². The van der Waals surface area contributed by atoms with Gasteiger partial charge < -0.3 is 15.0 Å². The lowest BCUT2D eigenvalue weighted by molar-refractivity contribution is 0.415. The van der Waals surface area contributed by atoms with Crippen LogP contribution in [0.5, 0.6) is 5.75 Å². The van der Waals surface area contributed by atoms with Gasteiger partial charge in [0.05, 0.1) is 13.2 Å². The molecular formula is C22H22N2OS. The first kappa shape index (κ1) is 18.0. The summed E-state index contributed by atoms with van der Waals surface area (Å²) in [5.74, 6) is 0.795. The van der Waals surface area contributed by atoms with Gasteiger partial charge in [-0.2, -0.15) is 0 Å². The van der Waals surface area contributed by atoms with Crippen molar-refractivity contribution in [2.24, 2.45) is 0 Å². The highest BCUT2D eigenvalue weighted by molar-refractivity contribution is 7.80. The second-order valence-corrected chi connectivity index (χ2v) is 6.38. The first-order valence-corrected chi connectivity index (χ1v) is 8.87. The molecule has 4 heteroatoms. The van der Waals surface area contributed by atoms with Crippen LogP contribution in [0.15, 0.2) is 84.9 Å². The minimum atomic E-state index is 0.0306. The van der Waals surface area contributed by atoms with E-state index < -0.39 is 0 Å². The molecule has 0 bridgehead atoms. The molecule has 3 nitrogen and oxygen atoms in total.